The number of carboxylic acids is 1. The standard InChI is InChI=1S/C11H17N3O3/c1-8-9(11(16)17)10(15)14(7-12-8)6-4-5-13(2)3/h7H,4-6H2,1-3H3,(H,16,17). The lowest BCUT2D eigenvalue weighted by atomic mass is 10.2. The molecule has 0 bridgehead atoms. The third-order valence-electron chi connectivity index (χ3n) is 2.45. The zero-order valence-electron chi connectivity index (χ0n) is 10.3. The predicted octanol–water partition coefficient (Wildman–Crippen LogP) is 0.202. The highest BCUT2D eigenvalue weighted by Crippen LogP contribution is 1.98. The quantitative estimate of drug-likeness (QED) is 0.794. The van der Waals surface area contributed by atoms with Gasteiger partial charge >= 0.3 is 5.97 Å². The fourth-order valence-electron chi connectivity index (χ4n) is 1.53. The molecule has 6 nitrogen and oxygen atoms in total. The van der Waals surface area contributed by atoms with E-state index in [1.165, 1.54) is 17.8 Å². The number of rotatable bonds is 5. The van der Waals surface area contributed by atoms with Crippen LogP contribution in [0.15, 0.2) is 11.1 Å². The molecule has 0 amide bonds. The van der Waals surface area contributed by atoms with Crippen LogP contribution >= 0.6 is 0 Å². The number of aromatic nitrogens is 2. The average Bonchev–Trinajstić information content (AvgIpc) is 2.20. The Kier molecular flexibility index (Phi) is 4.39. The first-order chi connectivity index (χ1) is 7.93. The third-order valence-corrected chi connectivity index (χ3v) is 2.45. The fraction of sp³-hybridized carbons (Fsp3) is 0.545. The molecule has 0 aliphatic rings. The van der Waals surface area contributed by atoms with E-state index in [-0.39, 0.29) is 11.3 Å². The van der Waals surface area contributed by atoms with E-state index in [2.05, 4.69) is 4.98 Å². The Bertz CT molecular complexity index is 466. The number of hydrogen-bond donors (Lipinski definition) is 1. The lowest BCUT2D eigenvalue weighted by Crippen LogP contribution is -2.29. The first kappa shape index (κ1) is 13.4. The van der Waals surface area contributed by atoms with Crippen LogP contribution in [0.3, 0.4) is 0 Å². The van der Waals surface area contributed by atoms with Gasteiger partial charge in [-0.15, -0.1) is 0 Å². The second kappa shape index (κ2) is 5.58. The summed E-state index contributed by atoms with van der Waals surface area (Å²) in [6, 6.07) is 0. The molecule has 0 spiro atoms. The van der Waals surface area contributed by atoms with Crippen molar-refractivity contribution in [3.05, 3.63) is 27.9 Å². The summed E-state index contributed by atoms with van der Waals surface area (Å²) in [5, 5.41) is 8.92. The number of nitrogens with zero attached hydrogens (tertiary/aromatic N) is 3. The Morgan fingerprint density at radius 3 is 2.71 bits per heavy atom. The highest BCUT2D eigenvalue weighted by Gasteiger charge is 2.15. The van der Waals surface area contributed by atoms with E-state index in [0.29, 0.717) is 6.54 Å². The molecule has 0 unspecified atom stereocenters. The van der Waals surface area contributed by atoms with E-state index in [4.69, 9.17) is 5.11 Å². The van der Waals surface area contributed by atoms with Gasteiger partial charge in [-0.1, -0.05) is 0 Å². The van der Waals surface area contributed by atoms with Crippen molar-refractivity contribution in [2.75, 3.05) is 20.6 Å². The second-order valence-corrected chi connectivity index (χ2v) is 4.17. The molecule has 1 aromatic rings. The van der Waals surface area contributed by atoms with Crippen molar-refractivity contribution in [1.29, 1.82) is 0 Å². The van der Waals surface area contributed by atoms with Crippen molar-refractivity contribution in [2.24, 2.45) is 0 Å². The molecular weight excluding hydrogens is 222 g/mol. The summed E-state index contributed by atoms with van der Waals surface area (Å²) in [4.78, 5) is 28.7. The van der Waals surface area contributed by atoms with E-state index in [9.17, 15) is 9.59 Å². The molecule has 94 valence electrons. The highest BCUT2D eigenvalue weighted by atomic mass is 16.4. The van der Waals surface area contributed by atoms with E-state index in [1.54, 1.807) is 0 Å². The van der Waals surface area contributed by atoms with Gasteiger partial charge in [0.15, 0.2) is 0 Å². The molecule has 0 saturated heterocycles. The average molecular weight is 239 g/mol. The molecule has 0 aromatic carbocycles. The molecule has 0 saturated carbocycles. The van der Waals surface area contributed by atoms with Crippen LogP contribution in [-0.4, -0.2) is 46.2 Å². The second-order valence-electron chi connectivity index (χ2n) is 4.17. The molecule has 1 heterocycles. The molecule has 0 atom stereocenters. The minimum absolute atomic E-state index is 0.239. The van der Waals surface area contributed by atoms with Gasteiger partial charge in [0, 0.05) is 6.54 Å². The minimum Gasteiger partial charge on any atom is -0.477 e. The molecule has 0 aliphatic carbocycles. The summed E-state index contributed by atoms with van der Waals surface area (Å²) in [6.07, 6.45) is 2.18. The Morgan fingerprint density at radius 2 is 2.18 bits per heavy atom. The molecule has 1 N–H and O–H groups in total. The molecule has 6 heteroatoms. The lowest BCUT2D eigenvalue weighted by molar-refractivity contribution is 0.0692. The normalized spacial score (nSPS) is 10.8. The Hall–Kier alpha value is -1.69. The third kappa shape index (κ3) is 3.39. The van der Waals surface area contributed by atoms with Gasteiger partial charge in [-0.3, -0.25) is 9.36 Å². The highest BCUT2D eigenvalue weighted by molar-refractivity contribution is 5.88. The maximum Gasteiger partial charge on any atom is 0.343 e. The van der Waals surface area contributed by atoms with Crippen molar-refractivity contribution in [2.45, 2.75) is 19.9 Å². The van der Waals surface area contributed by atoms with Crippen LogP contribution in [0.1, 0.15) is 22.5 Å². The Morgan fingerprint density at radius 1 is 1.53 bits per heavy atom. The summed E-state index contributed by atoms with van der Waals surface area (Å²) in [5.41, 5.74) is -0.465. The number of aryl methyl sites for hydroxylation is 2. The summed E-state index contributed by atoms with van der Waals surface area (Å²) < 4.78 is 1.35. The molecule has 1 rings (SSSR count). The maximum absolute atomic E-state index is 11.8. The van der Waals surface area contributed by atoms with Crippen LogP contribution in [0.2, 0.25) is 0 Å². The topological polar surface area (TPSA) is 75.4 Å². The van der Waals surface area contributed by atoms with Gasteiger partial charge in [-0.2, -0.15) is 0 Å². The predicted molar refractivity (Wildman–Crippen MR) is 63.4 cm³/mol. The van der Waals surface area contributed by atoms with Crippen LogP contribution < -0.4 is 5.56 Å². The van der Waals surface area contributed by atoms with E-state index < -0.39 is 11.5 Å². The van der Waals surface area contributed by atoms with Gasteiger partial charge in [0.2, 0.25) is 0 Å². The summed E-state index contributed by atoms with van der Waals surface area (Å²) in [6.45, 7) is 2.84. The van der Waals surface area contributed by atoms with Crippen molar-refractivity contribution in [3.8, 4) is 0 Å². The number of carbonyl (C=O) groups is 1. The Balaban J connectivity index is 2.92. The van der Waals surface area contributed by atoms with Crippen LogP contribution in [0.25, 0.3) is 0 Å². The van der Waals surface area contributed by atoms with Gasteiger partial charge in [-0.25, -0.2) is 9.78 Å². The SMILES string of the molecule is Cc1ncn(CCCN(C)C)c(=O)c1C(=O)O. The lowest BCUT2D eigenvalue weighted by Gasteiger charge is -2.11. The van der Waals surface area contributed by atoms with E-state index in [0.717, 1.165) is 13.0 Å². The van der Waals surface area contributed by atoms with Crippen molar-refractivity contribution >= 4 is 5.97 Å². The van der Waals surface area contributed by atoms with Crippen molar-refractivity contribution in [3.63, 3.8) is 0 Å². The van der Waals surface area contributed by atoms with Gasteiger partial charge in [0.1, 0.15) is 5.56 Å². The number of hydrogen-bond acceptors (Lipinski definition) is 4. The first-order valence-corrected chi connectivity index (χ1v) is 5.37. The molecule has 1 aromatic heterocycles. The van der Waals surface area contributed by atoms with Crippen LogP contribution in [0, 0.1) is 6.92 Å². The molecular formula is C11H17N3O3. The van der Waals surface area contributed by atoms with Crippen molar-refractivity contribution in [1.82, 2.24) is 14.5 Å². The van der Waals surface area contributed by atoms with Crippen LogP contribution in [0.5, 0.6) is 0 Å². The first-order valence-electron chi connectivity index (χ1n) is 5.37. The molecule has 0 fully saturated rings. The largest absolute Gasteiger partial charge is 0.477 e. The van der Waals surface area contributed by atoms with E-state index in [1.807, 2.05) is 19.0 Å². The van der Waals surface area contributed by atoms with E-state index >= 15 is 0 Å². The monoisotopic (exact) mass is 239 g/mol. The van der Waals surface area contributed by atoms with Crippen molar-refractivity contribution < 1.29 is 9.90 Å². The number of aromatic carboxylic acids is 1. The van der Waals surface area contributed by atoms with Crippen LogP contribution in [-0.2, 0) is 6.54 Å². The minimum atomic E-state index is -1.22. The number of carboxylic acid groups (broad SMARTS) is 1. The molecule has 17 heavy (non-hydrogen) atoms. The van der Waals surface area contributed by atoms with Crippen LogP contribution in [0.4, 0.5) is 0 Å². The zero-order chi connectivity index (χ0) is 13.0. The summed E-state index contributed by atoms with van der Waals surface area (Å²) in [5.74, 6) is -1.22. The zero-order valence-corrected chi connectivity index (χ0v) is 10.3. The van der Waals surface area contributed by atoms with Gasteiger partial charge in [0.25, 0.3) is 5.56 Å². The maximum atomic E-state index is 11.8. The van der Waals surface area contributed by atoms with Gasteiger partial charge in [-0.05, 0) is 34.0 Å². The Labute approximate surface area is 99.5 Å². The molecule has 0 radical (unpaired) electrons. The fourth-order valence-corrected chi connectivity index (χ4v) is 1.53. The molecule has 0 aliphatic heterocycles. The summed E-state index contributed by atoms with van der Waals surface area (Å²) in [7, 11) is 3.89. The smallest absolute Gasteiger partial charge is 0.343 e. The van der Waals surface area contributed by atoms with Gasteiger partial charge < -0.3 is 10.0 Å². The summed E-state index contributed by atoms with van der Waals surface area (Å²) >= 11 is 0. The van der Waals surface area contributed by atoms with Gasteiger partial charge in [0.05, 0.1) is 12.0 Å².